The molecule has 3 aromatic carbocycles. The molecular formula is C34H32F3N3O3. The van der Waals surface area contributed by atoms with E-state index in [0.717, 1.165) is 45.3 Å². The predicted molar refractivity (Wildman–Crippen MR) is 156 cm³/mol. The Hall–Kier alpha value is -4.08. The van der Waals surface area contributed by atoms with E-state index in [4.69, 9.17) is 0 Å². The van der Waals surface area contributed by atoms with Gasteiger partial charge in [0.2, 0.25) is 11.8 Å². The molecule has 222 valence electrons. The first-order chi connectivity index (χ1) is 20.6. The van der Waals surface area contributed by atoms with Gasteiger partial charge in [-0.3, -0.25) is 24.8 Å². The lowest BCUT2D eigenvalue weighted by Crippen LogP contribution is -2.50. The van der Waals surface area contributed by atoms with Crippen LogP contribution >= 0.6 is 0 Å². The predicted octanol–water partition coefficient (Wildman–Crippen LogP) is 5.73. The maximum Gasteiger partial charge on any atom is 0.416 e. The van der Waals surface area contributed by atoms with Crippen LogP contribution in [0, 0.1) is 5.92 Å². The third kappa shape index (κ3) is 6.19. The van der Waals surface area contributed by atoms with Crippen molar-refractivity contribution in [3.05, 3.63) is 113 Å². The van der Waals surface area contributed by atoms with Crippen molar-refractivity contribution in [2.75, 3.05) is 13.1 Å². The lowest BCUT2D eigenvalue weighted by Gasteiger charge is -2.45. The van der Waals surface area contributed by atoms with Crippen LogP contribution in [0.4, 0.5) is 13.2 Å². The highest BCUT2D eigenvalue weighted by Gasteiger charge is 2.43. The van der Waals surface area contributed by atoms with Crippen molar-refractivity contribution in [1.82, 2.24) is 15.2 Å². The van der Waals surface area contributed by atoms with Crippen LogP contribution in [0.15, 0.2) is 85.1 Å². The summed E-state index contributed by atoms with van der Waals surface area (Å²) in [7, 11) is 0. The smallest absolute Gasteiger partial charge is 0.385 e. The first-order valence-electron chi connectivity index (χ1n) is 14.5. The Bertz CT molecular complexity index is 1640. The van der Waals surface area contributed by atoms with Crippen LogP contribution < -0.4 is 5.32 Å². The summed E-state index contributed by atoms with van der Waals surface area (Å²) in [4.78, 5) is 30.9. The molecule has 3 heterocycles. The number of aromatic nitrogens is 1. The molecule has 0 radical (unpaired) electrons. The van der Waals surface area contributed by atoms with E-state index in [2.05, 4.69) is 15.2 Å². The highest BCUT2D eigenvalue weighted by Crippen LogP contribution is 2.41. The maximum absolute atomic E-state index is 13.1. The van der Waals surface area contributed by atoms with E-state index in [-0.39, 0.29) is 24.2 Å². The van der Waals surface area contributed by atoms with Gasteiger partial charge in [-0.15, -0.1) is 0 Å². The quantitative estimate of drug-likeness (QED) is 0.282. The summed E-state index contributed by atoms with van der Waals surface area (Å²) in [5, 5.41) is 15.6. The number of fused-ring (bicyclic) bond motifs is 1. The van der Waals surface area contributed by atoms with Crippen LogP contribution in [0.1, 0.15) is 53.0 Å². The Balaban J connectivity index is 1.28. The number of aliphatic hydroxyl groups is 1. The van der Waals surface area contributed by atoms with Gasteiger partial charge < -0.3 is 5.11 Å². The van der Waals surface area contributed by atoms with Crippen LogP contribution in [0.5, 0.6) is 0 Å². The van der Waals surface area contributed by atoms with Gasteiger partial charge >= 0.3 is 6.18 Å². The highest BCUT2D eigenvalue weighted by atomic mass is 19.4. The number of hydrogen-bond donors (Lipinski definition) is 2. The number of nitrogens with zero attached hydrogens (tertiary/aromatic N) is 2. The van der Waals surface area contributed by atoms with Crippen LogP contribution in [0.2, 0.25) is 0 Å². The minimum Gasteiger partial charge on any atom is -0.385 e. The lowest BCUT2D eigenvalue weighted by molar-refractivity contribution is -0.138. The van der Waals surface area contributed by atoms with Crippen molar-refractivity contribution in [3.63, 3.8) is 0 Å². The second kappa shape index (κ2) is 11.5. The van der Waals surface area contributed by atoms with Crippen molar-refractivity contribution < 1.29 is 27.9 Å². The summed E-state index contributed by atoms with van der Waals surface area (Å²) < 4.78 is 39.2. The number of likely N-dealkylation sites (tertiary alicyclic amines) is 1. The minimum absolute atomic E-state index is 0.193. The molecule has 2 aliphatic rings. The van der Waals surface area contributed by atoms with E-state index < -0.39 is 23.3 Å². The van der Waals surface area contributed by atoms with Gasteiger partial charge in [-0.1, -0.05) is 48.5 Å². The Labute approximate surface area is 247 Å². The highest BCUT2D eigenvalue weighted by molar-refractivity contribution is 6.01. The van der Waals surface area contributed by atoms with E-state index >= 15 is 0 Å². The number of carbonyl (C=O) groups is 2. The molecule has 1 aromatic heterocycles. The van der Waals surface area contributed by atoms with Crippen molar-refractivity contribution in [2.45, 2.75) is 49.9 Å². The molecule has 0 bridgehead atoms. The van der Waals surface area contributed by atoms with Crippen molar-refractivity contribution >= 4 is 22.7 Å². The zero-order chi connectivity index (χ0) is 30.2. The van der Waals surface area contributed by atoms with E-state index in [1.165, 1.54) is 12.1 Å². The second-order valence-electron chi connectivity index (χ2n) is 11.7. The molecule has 2 N–H and O–H groups in total. The van der Waals surface area contributed by atoms with Crippen LogP contribution in [0.25, 0.3) is 10.9 Å². The number of hydrogen-bond acceptors (Lipinski definition) is 5. The van der Waals surface area contributed by atoms with Crippen molar-refractivity contribution in [1.29, 1.82) is 0 Å². The van der Waals surface area contributed by atoms with E-state index in [1.807, 2.05) is 54.6 Å². The molecule has 9 heteroatoms. The molecule has 0 saturated carbocycles. The number of imide groups is 1. The zero-order valence-electron chi connectivity index (χ0n) is 23.5. The number of amides is 2. The summed E-state index contributed by atoms with van der Waals surface area (Å²) in [5.41, 5.74) is 2.27. The van der Waals surface area contributed by atoms with Crippen LogP contribution in [0.3, 0.4) is 0 Å². The first kappa shape index (κ1) is 29.0. The monoisotopic (exact) mass is 587 g/mol. The Kier molecular flexibility index (Phi) is 7.79. The summed E-state index contributed by atoms with van der Waals surface area (Å²) >= 11 is 0. The number of nitrogens with one attached hydrogen (secondary N) is 1. The summed E-state index contributed by atoms with van der Waals surface area (Å²) in [5.74, 6) is -1.24. The average molecular weight is 588 g/mol. The number of alkyl halides is 3. The molecule has 43 heavy (non-hydrogen) atoms. The van der Waals surface area contributed by atoms with Crippen LogP contribution in [-0.2, 0) is 34.3 Å². The summed E-state index contributed by atoms with van der Waals surface area (Å²) in [6.07, 6.45) is -0.939. The van der Waals surface area contributed by atoms with Crippen LogP contribution in [-0.4, -0.2) is 39.9 Å². The van der Waals surface area contributed by atoms with Gasteiger partial charge in [-0.05, 0) is 71.8 Å². The van der Waals surface area contributed by atoms with Gasteiger partial charge in [0.05, 0.1) is 22.6 Å². The van der Waals surface area contributed by atoms with Crippen molar-refractivity contribution in [2.24, 2.45) is 5.92 Å². The van der Waals surface area contributed by atoms with Gasteiger partial charge in [0.1, 0.15) is 0 Å². The largest absolute Gasteiger partial charge is 0.416 e. The van der Waals surface area contributed by atoms with E-state index in [0.29, 0.717) is 38.9 Å². The molecule has 6 rings (SSSR count). The molecule has 6 nitrogen and oxygen atoms in total. The fraction of sp³-hybridized carbons (Fsp3) is 0.324. The second-order valence-corrected chi connectivity index (χ2v) is 11.7. The zero-order valence-corrected chi connectivity index (χ0v) is 23.5. The molecular weight excluding hydrogens is 555 g/mol. The molecule has 2 amide bonds. The SMILES string of the molecule is O=C1CCC(c2cnc3ccc(C4(O)CCN(Cc5ccc(C(F)(F)F)cc5)CC4Cc4ccccc4)cc3c2)C(=O)N1. The average Bonchev–Trinajstić information content (AvgIpc) is 2.99. The van der Waals surface area contributed by atoms with E-state index in [9.17, 15) is 27.9 Å². The molecule has 2 saturated heterocycles. The fourth-order valence-electron chi connectivity index (χ4n) is 6.42. The lowest BCUT2D eigenvalue weighted by atomic mass is 9.73. The third-order valence-electron chi connectivity index (χ3n) is 8.82. The Morgan fingerprint density at radius 1 is 0.977 bits per heavy atom. The number of halogens is 3. The molecule has 4 aromatic rings. The van der Waals surface area contributed by atoms with E-state index in [1.54, 1.807) is 6.20 Å². The van der Waals surface area contributed by atoms with Gasteiger partial charge in [0.15, 0.2) is 0 Å². The summed E-state index contributed by atoms with van der Waals surface area (Å²) in [6, 6.07) is 22.9. The number of rotatable bonds is 6. The number of pyridine rings is 1. The van der Waals surface area contributed by atoms with Crippen molar-refractivity contribution in [3.8, 4) is 0 Å². The van der Waals surface area contributed by atoms with Gasteiger partial charge in [-0.2, -0.15) is 13.2 Å². The summed E-state index contributed by atoms with van der Waals surface area (Å²) in [6.45, 7) is 1.60. The van der Waals surface area contributed by atoms with Gasteiger partial charge in [-0.25, -0.2) is 0 Å². The van der Waals surface area contributed by atoms with Gasteiger partial charge in [0.25, 0.3) is 0 Å². The van der Waals surface area contributed by atoms with Gasteiger partial charge in [0, 0.05) is 43.6 Å². The molecule has 0 aliphatic carbocycles. The Morgan fingerprint density at radius 3 is 2.47 bits per heavy atom. The normalized spacial score (nSPS) is 23.3. The maximum atomic E-state index is 13.1. The number of benzene rings is 3. The standard InChI is InChI=1S/C34H32F3N3O3/c35-34(36,37)26-8-6-23(7-9-26)20-40-15-14-33(43,28(21-40)16-22-4-2-1-3-5-22)27-10-12-30-24(18-27)17-25(19-38-30)29-11-13-31(41)39-32(29)42/h1-10,12,17-19,28-29,43H,11,13-16,20-21H2,(H,39,41,42). The molecule has 0 spiro atoms. The fourth-order valence-corrected chi connectivity index (χ4v) is 6.42. The number of piperidine rings is 2. The Morgan fingerprint density at radius 2 is 1.74 bits per heavy atom. The topological polar surface area (TPSA) is 82.5 Å². The third-order valence-corrected chi connectivity index (χ3v) is 8.82. The molecule has 2 aliphatic heterocycles. The first-order valence-corrected chi connectivity index (χ1v) is 14.5. The number of carbonyl (C=O) groups excluding carboxylic acids is 2. The minimum atomic E-state index is -4.38. The molecule has 3 atom stereocenters. The molecule has 2 fully saturated rings. The molecule has 3 unspecified atom stereocenters.